The molecule has 0 rings (SSSR count). The molecule has 2 nitrogen and oxygen atoms in total. The Hall–Kier alpha value is -0.530. The molecular weight excluding hydrogens is 212 g/mol. The van der Waals surface area contributed by atoms with E-state index in [9.17, 15) is 4.79 Å². The first kappa shape index (κ1) is 16.5. The maximum atomic E-state index is 11.3. The fourth-order valence-electron chi connectivity index (χ4n) is 2.48. The van der Waals surface area contributed by atoms with Crippen molar-refractivity contribution in [1.29, 1.82) is 0 Å². The van der Waals surface area contributed by atoms with Crippen molar-refractivity contribution in [1.82, 2.24) is 0 Å². The van der Waals surface area contributed by atoms with Crippen molar-refractivity contribution in [2.45, 2.75) is 91.1 Å². The summed E-state index contributed by atoms with van der Waals surface area (Å²) in [4.78, 5) is 11.3. The summed E-state index contributed by atoms with van der Waals surface area (Å²) >= 11 is 0. The summed E-state index contributed by atoms with van der Waals surface area (Å²) < 4.78 is 5.69. The molecule has 0 amide bonds. The molecule has 0 saturated carbocycles. The maximum absolute atomic E-state index is 11.3. The molecule has 0 aliphatic heterocycles. The number of rotatable bonds is 10. The second kappa shape index (κ2) is 9.49. The SMILES string of the molecule is CCCCCC(CCC)(CCCC)OC(C)=O. The van der Waals surface area contributed by atoms with E-state index in [1.807, 2.05) is 0 Å². The number of hydrogen-bond donors (Lipinski definition) is 0. The van der Waals surface area contributed by atoms with Crippen LogP contribution in [0.1, 0.15) is 85.5 Å². The largest absolute Gasteiger partial charge is 0.459 e. The normalized spacial score (nSPS) is 14.4. The minimum Gasteiger partial charge on any atom is -0.459 e. The van der Waals surface area contributed by atoms with Gasteiger partial charge in [0, 0.05) is 6.92 Å². The lowest BCUT2D eigenvalue weighted by molar-refractivity contribution is -0.160. The van der Waals surface area contributed by atoms with Crippen LogP contribution in [0.25, 0.3) is 0 Å². The second-order valence-electron chi connectivity index (χ2n) is 5.09. The van der Waals surface area contributed by atoms with E-state index in [1.165, 1.54) is 32.6 Å². The Morgan fingerprint density at radius 2 is 1.47 bits per heavy atom. The smallest absolute Gasteiger partial charge is 0.303 e. The predicted molar refractivity (Wildman–Crippen MR) is 73.1 cm³/mol. The molecule has 0 saturated heterocycles. The molecule has 0 aliphatic carbocycles. The van der Waals surface area contributed by atoms with Crippen LogP contribution in [-0.2, 0) is 9.53 Å². The summed E-state index contributed by atoms with van der Waals surface area (Å²) in [6.07, 6.45) is 10.1. The van der Waals surface area contributed by atoms with Gasteiger partial charge in [0.05, 0.1) is 0 Å². The number of carbonyl (C=O) groups is 1. The molecule has 0 N–H and O–H groups in total. The van der Waals surface area contributed by atoms with E-state index in [1.54, 1.807) is 0 Å². The second-order valence-corrected chi connectivity index (χ2v) is 5.09. The van der Waals surface area contributed by atoms with Crippen LogP contribution in [0.5, 0.6) is 0 Å². The van der Waals surface area contributed by atoms with Gasteiger partial charge in [0.1, 0.15) is 5.60 Å². The molecule has 2 heteroatoms. The zero-order chi connectivity index (χ0) is 13.1. The molecular formula is C15H30O2. The van der Waals surface area contributed by atoms with Gasteiger partial charge in [0.2, 0.25) is 0 Å². The van der Waals surface area contributed by atoms with Gasteiger partial charge in [-0.1, -0.05) is 46.5 Å². The van der Waals surface area contributed by atoms with Crippen LogP contribution in [0.15, 0.2) is 0 Å². The van der Waals surface area contributed by atoms with Crippen molar-refractivity contribution in [3.8, 4) is 0 Å². The van der Waals surface area contributed by atoms with Crippen LogP contribution in [0.4, 0.5) is 0 Å². The van der Waals surface area contributed by atoms with E-state index >= 15 is 0 Å². The van der Waals surface area contributed by atoms with Crippen molar-refractivity contribution >= 4 is 5.97 Å². The lowest BCUT2D eigenvalue weighted by atomic mass is 9.86. The van der Waals surface area contributed by atoms with Crippen LogP contribution in [0.3, 0.4) is 0 Å². The van der Waals surface area contributed by atoms with Gasteiger partial charge in [0.25, 0.3) is 0 Å². The van der Waals surface area contributed by atoms with E-state index in [-0.39, 0.29) is 11.6 Å². The number of hydrogen-bond acceptors (Lipinski definition) is 2. The third-order valence-electron chi connectivity index (χ3n) is 3.29. The summed E-state index contributed by atoms with van der Waals surface area (Å²) in [5.41, 5.74) is -0.175. The van der Waals surface area contributed by atoms with Gasteiger partial charge >= 0.3 is 5.97 Å². The van der Waals surface area contributed by atoms with Crippen LogP contribution in [-0.4, -0.2) is 11.6 Å². The first-order valence-electron chi connectivity index (χ1n) is 7.29. The van der Waals surface area contributed by atoms with Crippen LogP contribution >= 0.6 is 0 Å². The standard InChI is InChI=1S/C15H30O2/c1-5-8-10-13-15(11-7-3,12-9-6-2)17-14(4)16/h5-13H2,1-4H3. The van der Waals surface area contributed by atoms with Crippen LogP contribution in [0, 0.1) is 0 Å². The first-order chi connectivity index (χ1) is 8.10. The molecule has 17 heavy (non-hydrogen) atoms. The summed E-state index contributed by atoms with van der Waals surface area (Å²) in [6.45, 7) is 8.11. The Morgan fingerprint density at radius 1 is 0.882 bits per heavy atom. The molecule has 0 radical (unpaired) electrons. The molecule has 0 aromatic rings. The fourth-order valence-corrected chi connectivity index (χ4v) is 2.48. The third kappa shape index (κ3) is 7.40. The zero-order valence-corrected chi connectivity index (χ0v) is 12.2. The van der Waals surface area contributed by atoms with Crippen LogP contribution in [0.2, 0.25) is 0 Å². The number of unbranched alkanes of at least 4 members (excludes halogenated alkanes) is 3. The molecule has 0 aliphatic rings. The highest BCUT2D eigenvalue weighted by Crippen LogP contribution is 2.31. The van der Waals surface area contributed by atoms with Crippen molar-refractivity contribution in [3.05, 3.63) is 0 Å². The van der Waals surface area contributed by atoms with Gasteiger partial charge in [-0.25, -0.2) is 0 Å². The first-order valence-corrected chi connectivity index (χ1v) is 7.29. The Bertz CT molecular complexity index is 201. The average Bonchev–Trinajstić information content (AvgIpc) is 2.26. The number of ether oxygens (including phenoxy) is 1. The maximum Gasteiger partial charge on any atom is 0.303 e. The minimum atomic E-state index is -0.175. The molecule has 0 bridgehead atoms. The van der Waals surface area contributed by atoms with Crippen molar-refractivity contribution in [2.24, 2.45) is 0 Å². The molecule has 0 spiro atoms. The Morgan fingerprint density at radius 3 is 1.94 bits per heavy atom. The molecule has 0 heterocycles. The highest BCUT2D eigenvalue weighted by atomic mass is 16.6. The zero-order valence-electron chi connectivity index (χ0n) is 12.2. The quantitative estimate of drug-likeness (QED) is 0.404. The highest BCUT2D eigenvalue weighted by molar-refractivity contribution is 5.66. The molecule has 0 aromatic carbocycles. The van der Waals surface area contributed by atoms with Gasteiger partial charge in [-0.2, -0.15) is 0 Å². The molecule has 1 atom stereocenters. The van der Waals surface area contributed by atoms with E-state index in [0.29, 0.717) is 0 Å². The van der Waals surface area contributed by atoms with Crippen LogP contribution < -0.4 is 0 Å². The monoisotopic (exact) mass is 242 g/mol. The van der Waals surface area contributed by atoms with Gasteiger partial charge in [-0.3, -0.25) is 4.79 Å². The van der Waals surface area contributed by atoms with Gasteiger partial charge in [0.15, 0.2) is 0 Å². The van der Waals surface area contributed by atoms with Gasteiger partial charge in [-0.15, -0.1) is 0 Å². The summed E-state index contributed by atoms with van der Waals surface area (Å²) in [5, 5.41) is 0. The van der Waals surface area contributed by atoms with E-state index in [2.05, 4.69) is 20.8 Å². The van der Waals surface area contributed by atoms with E-state index in [4.69, 9.17) is 4.74 Å². The highest BCUT2D eigenvalue weighted by Gasteiger charge is 2.31. The summed E-state index contributed by atoms with van der Waals surface area (Å²) in [5.74, 6) is -0.119. The average molecular weight is 242 g/mol. The molecule has 102 valence electrons. The minimum absolute atomic E-state index is 0.119. The summed E-state index contributed by atoms with van der Waals surface area (Å²) in [7, 11) is 0. The van der Waals surface area contributed by atoms with Gasteiger partial charge < -0.3 is 4.74 Å². The Balaban J connectivity index is 4.49. The lowest BCUT2D eigenvalue weighted by Gasteiger charge is -2.33. The lowest BCUT2D eigenvalue weighted by Crippen LogP contribution is -2.34. The van der Waals surface area contributed by atoms with E-state index in [0.717, 1.165) is 32.1 Å². The summed E-state index contributed by atoms with van der Waals surface area (Å²) in [6, 6.07) is 0. The van der Waals surface area contributed by atoms with E-state index < -0.39 is 0 Å². The fraction of sp³-hybridized carbons (Fsp3) is 0.933. The molecule has 0 aromatic heterocycles. The predicted octanol–water partition coefficient (Wildman–Crippen LogP) is 4.86. The Kier molecular flexibility index (Phi) is 9.20. The van der Waals surface area contributed by atoms with Crippen molar-refractivity contribution in [3.63, 3.8) is 0 Å². The number of esters is 1. The molecule has 0 fully saturated rings. The van der Waals surface area contributed by atoms with Gasteiger partial charge in [-0.05, 0) is 32.1 Å². The van der Waals surface area contributed by atoms with Crippen molar-refractivity contribution < 1.29 is 9.53 Å². The topological polar surface area (TPSA) is 26.3 Å². The third-order valence-corrected chi connectivity index (χ3v) is 3.29. The van der Waals surface area contributed by atoms with Crippen molar-refractivity contribution in [2.75, 3.05) is 0 Å². The molecule has 1 unspecified atom stereocenters. The Labute approximate surface area is 107 Å². The number of carbonyl (C=O) groups excluding carboxylic acids is 1.